The quantitative estimate of drug-likeness (QED) is 0.738. The molecule has 88 valence electrons. The largest absolute Gasteiger partial charge is 0.278 e. The van der Waals surface area contributed by atoms with Gasteiger partial charge in [-0.15, -0.1) is 25.3 Å². The molecule has 0 amide bonds. The second kappa shape index (κ2) is 6.36. The maximum atomic E-state index is 5.37. The fourth-order valence-corrected chi connectivity index (χ4v) is 2.34. The van der Waals surface area contributed by atoms with Crippen LogP contribution in [-0.4, -0.2) is 24.0 Å². The molecule has 0 N–H and O–H groups in total. The average molecular weight is 246 g/mol. The van der Waals surface area contributed by atoms with Crippen LogP contribution in [0.1, 0.15) is 11.1 Å². The first-order valence-corrected chi connectivity index (χ1v) is 5.53. The van der Waals surface area contributed by atoms with E-state index >= 15 is 0 Å². The molecular weight excluding hydrogens is 230 g/mol. The fraction of sp³-hybridized carbons (Fsp3) is 0.333. The van der Waals surface area contributed by atoms with Gasteiger partial charge in [0.05, 0.1) is 13.1 Å². The number of terminal acetylenes is 2. The van der Waals surface area contributed by atoms with Crippen LogP contribution in [-0.2, 0) is 12.8 Å². The minimum atomic E-state index is 0. The Morgan fingerprint density at radius 3 is 1.94 bits per heavy atom. The summed E-state index contributed by atoms with van der Waals surface area (Å²) in [5.74, 6) is 5.37. The molecule has 0 bridgehead atoms. The number of hydrogen-bond acceptors (Lipinski definition) is 1. The van der Waals surface area contributed by atoms with Crippen molar-refractivity contribution in [3.63, 3.8) is 0 Å². The molecular formula is C15H16ClN. The predicted molar refractivity (Wildman–Crippen MR) is 74.1 cm³/mol. The SMILES string of the molecule is C#CCN(CC#C)C1Cc2ccccc2C1.Cl. The smallest absolute Gasteiger partial charge is 0.0610 e. The highest BCUT2D eigenvalue weighted by molar-refractivity contribution is 5.85. The van der Waals surface area contributed by atoms with E-state index in [1.165, 1.54) is 11.1 Å². The Labute approximate surface area is 110 Å². The monoisotopic (exact) mass is 245 g/mol. The summed E-state index contributed by atoms with van der Waals surface area (Å²) in [7, 11) is 0. The molecule has 0 radical (unpaired) electrons. The van der Waals surface area contributed by atoms with E-state index in [1.807, 2.05) is 0 Å². The van der Waals surface area contributed by atoms with E-state index in [1.54, 1.807) is 0 Å². The lowest BCUT2D eigenvalue weighted by atomic mass is 10.1. The molecule has 0 fully saturated rings. The van der Waals surface area contributed by atoms with Crippen molar-refractivity contribution in [1.82, 2.24) is 4.90 Å². The molecule has 1 aromatic carbocycles. The standard InChI is InChI=1S/C15H15N.ClH/c1-3-9-16(10-4-2)15-11-13-7-5-6-8-14(13)12-15;/h1-2,5-8,15H,9-12H2;1H. The lowest BCUT2D eigenvalue weighted by Gasteiger charge is -2.24. The maximum absolute atomic E-state index is 5.37. The minimum Gasteiger partial charge on any atom is -0.278 e. The molecule has 1 aliphatic carbocycles. The Morgan fingerprint density at radius 1 is 1.06 bits per heavy atom. The first kappa shape index (κ1) is 13.7. The van der Waals surface area contributed by atoms with Gasteiger partial charge < -0.3 is 0 Å². The Morgan fingerprint density at radius 2 is 1.53 bits per heavy atom. The normalized spacial score (nSPS) is 13.6. The van der Waals surface area contributed by atoms with Gasteiger partial charge in [-0.3, -0.25) is 4.90 Å². The summed E-state index contributed by atoms with van der Waals surface area (Å²) in [6.45, 7) is 1.28. The molecule has 1 aliphatic rings. The Kier molecular flexibility index (Phi) is 5.11. The molecule has 1 nitrogen and oxygen atoms in total. The zero-order valence-electron chi connectivity index (χ0n) is 9.73. The van der Waals surface area contributed by atoms with Gasteiger partial charge in [0.25, 0.3) is 0 Å². The van der Waals surface area contributed by atoms with Crippen molar-refractivity contribution >= 4 is 12.4 Å². The van der Waals surface area contributed by atoms with Crippen LogP contribution in [0, 0.1) is 24.7 Å². The highest BCUT2D eigenvalue weighted by Crippen LogP contribution is 2.24. The van der Waals surface area contributed by atoms with Crippen molar-refractivity contribution in [2.24, 2.45) is 0 Å². The van der Waals surface area contributed by atoms with Crippen molar-refractivity contribution in [3.8, 4) is 24.7 Å². The van der Waals surface area contributed by atoms with Gasteiger partial charge in [-0.25, -0.2) is 0 Å². The second-order valence-electron chi connectivity index (χ2n) is 4.14. The molecule has 0 atom stereocenters. The van der Waals surface area contributed by atoms with Crippen LogP contribution in [0.25, 0.3) is 0 Å². The Balaban J connectivity index is 0.00000144. The zero-order chi connectivity index (χ0) is 11.4. The Bertz CT molecular complexity index is 412. The minimum absolute atomic E-state index is 0. The molecule has 0 unspecified atom stereocenters. The zero-order valence-corrected chi connectivity index (χ0v) is 10.5. The molecule has 0 aromatic heterocycles. The summed E-state index contributed by atoms with van der Waals surface area (Å²) in [6, 6.07) is 9.05. The van der Waals surface area contributed by atoms with Gasteiger partial charge in [-0.05, 0) is 24.0 Å². The highest BCUT2D eigenvalue weighted by Gasteiger charge is 2.25. The van der Waals surface area contributed by atoms with Gasteiger partial charge in [0.15, 0.2) is 0 Å². The molecule has 1 aromatic rings. The number of nitrogens with zero attached hydrogens (tertiary/aromatic N) is 1. The van der Waals surface area contributed by atoms with Crippen molar-refractivity contribution < 1.29 is 0 Å². The summed E-state index contributed by atoms with van der Waals surface area (Å²) in [4.78, 5) is 2.21. The van der Waals surface area contributed by atoms with Gasteiger partial charge in [0.2, 0.25) is 0 Å². The molecule has 0 saturated heterocycles. The van der Waals surface area contributed by atoms with E-state index in [9.17, 15) is 0 Å². The van der Waals surface area contributed by atoms with E-state index in [0.29, 0.717) is 19.1 Å². The number of benzene rings is 1. The van der Waals surface area contributed by atoms with Gasteiger partial charge in [0, 0.05) is 6.04 Å². The number of rotatable bonds is 3. The molecule has 0 heterocycles. The van der Waals surface area contributed by atoms with E-state index < -0.39 is 0 Å². The van der Waals surface area contributed by atoms with Crippen LogP contribution in [0.5, 0.6) is 0 Å². The van der Waals surface area contributed by atoms with Crippen LogP contribution in [0.2, 0.25) is 0 Å². The summed E-state index contributed by atoms with van der Waals surface area (Å²) in [5.41, 5.74) is 2.87. The number of hydrogen-bond donors (Lipinski definition) is 0. The average Bonchev–Trinajstić information content (AvgIpc) is 2.72. The fourth-order valence-electron chi connectivity index (χ4n) is 2.34. The van der Waals surface area contributed by atoms with Crippen molar-refractivity contribution in [3.05, 3.63) is 35.4 Å². The maximum Gasteiger partial charge on any atom is 0.0610 e. The lowest BCUT2D eigenvalue weighted by molar-refractivity contribution is 0.255. The molecule has 17 heavy (non-hydrogen) atoms. The van der Waals surface area contributed by atoms with Crippen molar-refractivity contribution in [2.75, 3.05) is 13.1 Å². The molecule has 0 spiro atoms. The van der Waals surface area contributed by atoms with Crippen molar-refractivity contribution in [1.29, 1.82) is 0 Å². The van der Waals surface area contributed by atoms with Gasteiger partial charge in [-0.1, -0.05) is 36.1 Å². The topological polar surface area (TPSA) is 3.24 Å². The van der Waals surface area contributed by atoms with Gasteiger partial charge in [-0.2, -0.15) is 0 Å². The molecule has 0 aliphatic heterocycles. The first-order valence-electron chi connectivity index (χ1n) is 5.53. The summed E-state index contributed by atoms with van der Waals surface area (Å²) in [5, 5.41) is 0. The lowest BCUT2D eigenvalue weighted by Crippen LogP contribution is -2.36. The van der Waals surface area contributed by atoms with E-state index in [0.717, 1.165) is 12.8 Å². The van der Waals surface area contributed by atoms with Crippen LogP contribution in [0.3, 0.4) is 0 Å². The van der Waals surface area contributed by atoms with Gasteiger partial charge in [0.1, 0.15) is 0 Å². The second-order valence-corrected chi connectivity index (χ2v) is 4.14. The van der Waals surface area contributed by atoms with Crippen LogP contribution in [0.15, 0.2) is 24.3 Å². The van der Waals surface area contributed by atoms with E-state index in [2.05, 4.69) is 41.0 Å². The number of fused-ring (bicyclic) bond motifs is 1. The van der Waals surface area contributed by atoms with E-state index in [4.69, 9.17) is 12.8 Å². The highest BCUT2D eigenvalue weighted by atomic mass is 35.5. The Hall–Kier alpha value is -1.41. The number of halogens is 1. The summed E-state index contributed by atoms with van der Waals surface area (Å²) in [6.07, 6.45) is 12.9. The van der Waals surface area contributed by atoms with Gasteiger partial charge >= 0.3 is 0 Å². The van der Waals surface area contributed by atoms with Crippen LogP contribution in [0.4, 0.5) is 0 Å². The van der Waals surface area contributed by atoms with Crippen LogP contribution >= 0.6 is 12.4 Å². The third-order valence-corrected chi connectivity index (χ3v) is 3.13. The van der Waals surface area contributed by atoms with Crippen molar-refractivity contribution in [2.45, 2.75) is 18.9 Å². The third-order valence-electron chi connectivity index (χ3n) is 3.13. The van der Waals surface area contributed by atoms with Crippen LogP contribution < -0.4 is 0 Å². The summed E-state index contributed by atoms with van der Waals surface area (Å²) < 4.78 is 0. The third kappa shape index (κ3) is 3.04. The predicted octanol–water partition coefficient (Wildman–Crippen LogP) is 2.14. The molecule has 2 rings (SSSR count). The van der Waals surface area contributed by atoms with E-state index in [-0.39, 0.29) is 12.4 Å². The first-order chi connectivity index (χ1) is 7.85. The molecule has 0 saturated carbocycles. The summed E-state index contributed by atoms with van der Waals surface area (Å²) >= 11 is 0. The molecule has 2 heteroatoms.